The van der Waals surface area contributed by atoms with Crippen LogP contribution in [0.1, 0.15) is 23.7 Å². The highest BCUT2D eigenvalue weighted by Gasteiger charge is 2.38. The fraction of sp³-hybridized carbons (Fsp3) is 0.412. The summed E-state index contributed by atoms with van der Waals surface area (Å²) in [6.07, 6.45) is 0.513. The number of nitrogens with one attached hydrogen (secondary N) is 2. The first kappa shape index (κ1) is 20.5. The SMILES string of the molecule is CC1C(C(=O)NCCCO)SC(=NC(=O)c2ccc(SC=N)cc2)N1C. The molecule has 2 amide bonds. The van der Waals surface area contributed by atoms with Crippen LogP contribution in [0.4, 0.5) is 0 Å². The van der Waals surface area contributed by atoms with Gasteiger partial charge in [0.2, 0.25) is 5.91 Å². The second-order valence-electron chi connectivity index (χ2n) is 5.72. The number of aliphatic hydroxyl groups is 1. The zero-order valence-corrected chi connectivity index (χ0v) is 16.3. The molecule has 1 saturated heterocycles. The fourth-order valence-electron chi connectivity index (χ4n) is 2.34. The van der Waals surface area contributed by atoms with E-state index in [4.69, 9.17) is 10.5 Å². The molecule has 26 heavy (non-hydrogen) atoms. The quantitative estimate of drug-likeness (QED) is 0.282. The Morgan fingerprint density at radius 1 is 1.42 bits per heavy atom. The van der Waals surface area contributed by atoms with Crippen molar-refractivity contribution >= 4 is 46.1 Å². The third-order valence-electron chi connectivity index (χ3n) is 3.97. The number of thioether (sulfide) groups is 2. The molecule has 0 radical (unpaired) electrons. The summed E-state index contributed by atoms with van der Waals surface area (Å²) < 4.78 is 0. The van der Waals surface area contributed by atoms with Crippen molar-refractivity contribution in [2.75, 3.05) is 20.2 Å². The van der Waals surface area contributed by atoms with Gasteiger partial charge in [-0.2, -0.15) is 4.99 Å². The summed E-state index contributed by atoms with van der Waals surface area (Å²) in [5.74, 6) is -0.479. The Labute approximate surface area is 161 Å². The number of rotatable bonds is 7. The van der Waals surface area contributed by atoms with Crippen molar-refractivity contribution in [2.45, 2.75) is 29.5 Å². The molecule has 0 aliphatic carbocycles. The predicted molar refractivity (Wildman–Crippen MR) is 106 cm³/mol. The molecule has 9 heteroatoms. The highest BCUT2D eigenvalue weighted by atomic mass is 32.2. The Kier molecular flexibility index (Phi) is 7.67. The third kappa shape index (κ3) is 5.09. The van der Waals surface area contributed by atoms with Gasteiger partial charge in [-0.05, 0) is 37.6 Å². The van der Waals surface area contributed by atoms with Crippen LogP contribution in [0, 0.1) is 5.41 Å². The van der Waals surface area contributed by atoms with Gasteiger partial charge in [0.25, 0.3) is 5.91 Å². The van der Waals surface area contributed by atoms with Crippen molar-refractivity contribution in [1.82, 2.24) is 10.2 Å². The van der Waals surface area contributed by atoms with Gasteiger partial charge in [-0.15, -0.1) is 0 Å². The summed E-state index contributed by atoms with van der Waals surface area (Å²) >= 11 is 2.54. The van der Waals surface area contributed by atoms with Gasteiger partial charge in [0.15, 0.2) is 5.17 Å². The molecule has 1 fully saturated rings. The molecule has 3 N–H and O–H groups in total. The van der Waals surface area contributed by atoms with Crippen LogP contribution in [0.5, 0.6) is 0 Å². The van der Waals surface area contributed by atoms with Crippen LogP contribution in [0.3, 0.4) is 0 Å². The Morgan fingerprint density at radius 2 is 2.12 bits per heavy atom. The molecule has 1 aliphatic heterocycles. The molecule has 1 heterocycles. The highest BCUT2D eigenvalue weighted by Crippen LogP contribution is 2.31. The summed E-state index contributed by atoms with van der Waals surface area (Å²) in [5, 5.41) is 18.8. The standard InChI is InChI=1S/C17H22N4O3S2/c1-11-14(16(24)19-8-3-9-22)26-17(21(11)2)20-15(23)12-4-6-13(7-5-12)25-10-18/h4-7,10-11,14,18,22H,3,8-9H2,1-2H3,(H,19,24). The summed E-state index contributed by atoms with van der Waals surface area (Å²) in [6.45, 7) is 2.37. The van der Waals surface area contributed by atoms with Crippen LogP contribution >= 0.6 is 23.5 Å². The van der Waals surface area contributed by atoms with Crippen molar-refractivity contribution in [3.8, 4) is 0 Å². The van der Waals surface area contributed by atoms with E-state index < -0.39 is 0 Å². The Hall–Kier alpha value is -1.84. The minimum Gasteiger partial charge on any atom is -0.396 e. The lowest BCUT2D eigenvalue weighted by Crippen LogP contribution is -2.41. The number of carbonyl (C=O) groups excluding carboxylic acids is 2. The molecule has 2 rings (SSSR count). The second kappa shape index (κ2) is 9.75. The molecule has 1 aromatic rings. The second-order valence-corrected chi connectivity index (χ2v) is 7.77. The van der Waals surface area contributed by atoms with E-state index in [0.29, 0.717) is 23.7 Å². The number of hydrogen-bond donors (Lipinski definition) is 3. The molecule has 1 aromatic carbocycles. The van der Waals surface area contributed by atoms with Crippen molar-refractivity contribution in [2.24, 2.45) is 4.99 Å². The Bertz CT molecular complexity index is 694. The topological polar surface area (TPSA) is 106 Å². The molecular formula is C17H22N4O3S2. The number of aliphatic imine (C=N–C) groups is 1. The first-order valence-corrected chi connectivity index (χ1v) is 9.90. The van der Waals surface area contributed by atoms with Gasteiger partial charge in [-0.1, -0.05) is 23.5 Å². The molecule has 7 nitrogen and oxygen atoms in total. The van der Waals surface area contributed by atoms with Gasteiger partial charge in [-0.3, -0.25) is 9.59 Å². The average molecular weight is 395 g/mol. The Morgan fingerprint density at radius 3 is 2.73 bits per heavy atom. The summed E-state index contributed by atoms with van der Waals surface area (Å²) in [4.78, 5) is 31.6. The van der Waals surface area contributed by atoms with Gasteiger partial charge >= 0.3 is 0 Å². The maximum Gasteiger partial charge on any atom is 0.279 e. The molecule has 0 bridgehead atoms. The molecule has 0 aromatic heterocycles. The van der Waals surface area contributed by atoms with E-state index in [1.807, 2.05) is 18.9 Å². The zero-order valence-electron chi connectivity index (χ0n) is 14.6. The van der Waals surface area contributed by atoms with E-state index in [1.54, 1.807) is 24.3 Å². The monoisotopic (exact) mass is 394 g/mol. The lowest BCUT2D eigenvalue weighted by molar-refractivity contribution is -0.121. The number of hydrogen-bond acceptors (Lipinski definition) is 6. The molecule has 0 saturated carbocycles. The van der Waals surface area contributed by atoms with E-state index in [-0.39, 0.29) is 29.7 Å². The maximum atomic E-state index is 12.4. The number of aliphatic hydroxyl groups excluding tert-OH is 1. The van der Waals surface area contributed by atoms with Crippen LogP contribution in [-0.4, -0.2) is 64.0 Å². The van der Waals surface area contributed by atoms with Crippen molar-refractivity contribution in [3.63, 3.8) is 0 Å². The first-order chi connectivity index (χ1) is 12.5. The van der Waals surface area contributed by atoms with Gasteiger partial charge in [0.1, 0.15) is 5.25 Å². The highest BCUT2D eigenvalue weighted by molar-refractivity contribution is 8.15. The number of nitrogens with zero attached hydrogens (tertiary/aromatic N) is 2. The van der Waals surface area contributed by atoms with Gasteiger partial charge in [0, 0.05) is 36.7 Å². The molecular weight excluding hydrogens is 372 g/mol. The van der Waals surface area contributed by atoms with Gasteiger partial charge in [0.05, 0.1) is 5.55 Å². The number of benzene rings is 1. The van der Waals surface area contributed by atoms with Crippen LogP contribution in [-0.2, 0) is 4.79 Å². The van der Waals surface area contributed by atoms with Gasteiger partial charge < -0.3 is 20.7 Å². The van der Waals surface area contributed by atoms with Gasteiger partial charge in [-0.25, -0.2) is 0 Å². The first-order valence-electron chi connectivity index (χ1n) is 8.14. The lowest BCUT2D eigenvalue weighted by Gasteiger charge is -2.19. The van der Waals surface area contributed by atoms with Crippen molar-refractivity contribution in [1.29, 1.82) is 5.41 Å². The smallest absolute Gasteiger partial charge is 0.279 e. The molecule has 1 aliphatic rings. The summed E-state index contributed by atoms with van der Waals surface area (Å²) in [7, 11) is 1.81. The zero-order chi connectivity index (χ0) is 19.1. The van der Waals surface area contributed by atoms with Crippen LogP contribution in [0.25, 0.3) is 0 Å². The summed E-state index contributed by atoms with van der Waals surface area (Å²) in [6, 6.07) is 6.82. The third-order valence-corrected chi connectivity index (χ3v) is 6.08. The van der Waals surface area contributed by atoms with E-state index in [2.05, 4.69) is 10.3 Å². The lowest BCUT2D eigenvalue weighted by atomic mass is 10.2. The van der Waals surface area contributed by atoms with Crippen molar-refractivity contribution in [3.05, 3.63) is 29.8 Å². The maximum absolute atomic E-state index is 12.4. The minimum atomic E-state index is -0.362. The molecule has 0 spiro atoms. The number of carbonyl (C=O) groups is 2. The van der Waals surface area contributed by atoms with E-state index in [1.165, 1.54) is 29.1 Å². The predicted octanol–water partition coefficient (Wildman–Crippen LogP) is 1.82. The summed E-state index contributed by atoms with van der Waals surface area (Å²) in [5.41, 5.74) is 1.69. The molecule has 140 valence electrons. The largest absolute Gasteiger partial charge is 0.396 e. The van der Waals surface area contributed by atoms with Crippen molar-refractivity contribution < 1.29 is 14.7 Å². The normalized spacial score (nSPS) is 21.0. The molecule has 2 unspecified atom stereocenters. The molecule has 2 atom stereocenters. The van der Waals surface area contributed by atoms with Crippen LogP contribution < -0.4 is 5.32 Å². The fourth-order valence-corrected chi connectivity index (χ4v) is 4.03. The van der Waals surface area contributed by atoms with E-state index >= 15 is 0 Å². The van der Waals surface area contributed by atoms with Crippen LogP contribution in [0.15, 0.2) is 34.2 Å². The Balaban J connectivity index is 2.06. The average Bonchev–Trinajstić information content (AvgIpc) is 2.91. The van der Waals surface area contributed by atoms with E-state index in [0.717, 1.165) is 4.90 Å². The minimum absolute atomic E-state index is 0.0336. The van der Waals surface area contributed by atoms with E-state index in [9.17, 15) is 9.59 Å². The number of amides is 2. The van der Waals surface area contributed by atoms with Crippen LogP contribution in [0.2, 0.25) is 0 Å². The number of amidine groups is 1.